The highest BCUT2D eigenvalue weighted by Crippen LogP contribution is 2.70. The van der Waals surface area contributed by atoms with Crippen molar-refractivity contribution in [2.24, 2.45) is 0 Å². The molecule has 330 valence electrons. The van der Waals surface area contributed by atoms with Crippen molar-refractivity contribution in [1.29, 1.82) is 0 Å². The van der Waals surface area contributed by atoms with Gasteiger partial charge in [-0.15, -0.1) is 0 Å². The molecule has 14 rings (SSSR count). The Labute approximate surface area is 409 Å². The summed E-state index contributed by atoms with van der Waals surface area (Å²) in [5, 5.41) is 0. The summed E-state index contributed by atoms with van der Waals surface area (Å²) < 4.78 is 7.69. The van der Waals surface area contributed by atoms with E-state index in [2.05, 4.69) is 267 Å². The zero-order valence-electron chi connectivity index (χ0n) is 39.0. The summed E-state index contributed by atoms with van der Waals surface area (Å²) in [5.41, 5.74) is 24.1. The van der Waals surface area contributed by atoms with Crippen molar-refractivity contribution in [3.8, 4) is 78.3 Å². The fraction of sp³-hybridized carbons (Fsp3) is 0.0588. The van der Waals surface area contributed by atoms with E-state index in [-0.39, 0.29) is 5.41 Å². The van der Waals surface area contributed by atoms with Crippen LogP contribution in [-0.2, 0) is 10.8 Å². The van der Waals surface area contributed by atoms with E-state index >= 15 is 0 Å². The minimum absolute atomic E-state index is 0.282. The molecule has 10 aromatic carbocycles. The van der Waals surface area contributed by atoms with Crippen LogP contribution in [-0.4, -0.2) is 0 Å². The summed E-state index contributed by atoms with van der Waals surface area (Å²) in [5.74, 6) is 1.76. The minimum Gasteiger partial charge on any atom is -0.455 e. The van der Waals surface area contributed by atoms with Gasteiger partial charge in [-0.2, -0.15) is 0 Å². The van der Waals surface area contributed by atoms with Gasteiger partial charge in [-0.25, -0.2) is 0 Å². The van der Waals surface area contributed by atoms with Crippen LogP contribution in [0.15, 0.2) is 253 Å². The van der Waals surface area contributed by atoms with Gasteiger partial charge in [-0.05, 0) is 96.6 Å². The molecular formula is C68H47NO. The Hall–Kier alpha value is -8.72. The predicted molar refractivity (Wildman–Crippen MR) is 289 cm³/mol. The average Bonchev–Trinajstić information content (AvgIpc) is 4.07. The third-order valence-electron chi connectivity index (χ3n) is 15.5. The fourth-order valence-corrected chi connectivity index (χ4v) is 12.4. The molecule has 0 bridgehead atoms. The van der Waals surface area contributed by atoms with E-state index in [0.29, 0.717) is 0 Å². The summed E-state index contributed by atoms with van der Waals surface area (Å²) in [7, 11) is 0. The Morgan fingerprint density at radius 2 is 0.771 bits per heavy atom. The average molecular weight is 894 g/mol. The largest absolute Gasteiger partial charge is 0.455 e. The van der Waals surface area contributed by atoms with Crippen molar-refractivity contribution in [2.75, 3.05) is 4.90 Å². The van der Waals surface area contributed by atoms with Crippen LogP contribution in [0.2, 0.25) is 0 Å². The summed E-state index contributed by atoms with van der Waals surface area (Å²) >= 11 is 0. The van der Waals surface area contributed by atoms with Crippen LogP contribution < -0.4 is 4.90 Å². The molecule has 0 radical (unpaired) electrons. The molecule has 2 nitrogen and oxygen atoms in total. The first-order chi connectivity index (χ1) is 34.5. The molecule has 70 heavy (non-hydrogen) atoms. The highest BCUT2D eigenvalue weighted by atomic mass is 16.3. The first-order valence-electron chi connectivity index (χ1n) is 24.4. The third-order valence-corrected chi connectivity index (χ3v) is 15.5. The van der Waals surface area contributed by atoms with Gasteiger partial charge in [0.1, 0.15) is 11.5 Å². The topological polar surface area (TPSA) is 16.4 Å². The van der Waals surface area contributed by atoms with E-state index in [1.807, 2.05) is 0 Å². The molecule has 1 aliphatic heterocycles. The number of fused-ring (bicyclic) bond motifs is 12. The number of furan rings is 1. The van der Waals surface area contributed by atoms with E-state index in [4.69, 9.17) is 4.42 Å². The van der Waals surface area contributed by atoms with Crippen LogP contribution in [0.1, 0.15) is 47.2 Å². The van der Waals surface area contributed by atoms with Crippen LogP contribution in [0.25, 0.3) is 78.3 Å². The SMILES string of the molecule is CC1(C)c2ccccc2N(c2cccc3c2-c2c(-c4ccccc4)oc(-c4ccc(-c5ccccc5)cc4)c2C32c3ccccc3-c3cccc(-c4ccccc4)c32)c2ccc(-c3ccccc3)cc21. The molecule has 1 aromatic heterocycles. The van der Waals surface area contributed by atoms with E-state index < -0.39 is 5.41 Å². The van der Waals surface area contributed by atoms with E-state index in [1.165, 1.54) is 94.8 Å². The zero-order valence-corrected chi connectivity index (χ0v) is 39.0. The number of hydrogen-bond donors (Lipinski definition) is 0. The molecule has 2 heteroatoms. The van der Waals surface area contributed by atoms with Crippen LogP contribution in [0, 0.1) is 0 Å². The van der Waals surface area contributed by atoms with Crippen LogP contribution in [0.3, 0.4) is 0 Å². The summed E-state index contributed by atoms with van der Waals surface area (Å²) in [6, 6.07) is 91.5. The molecular weight excluding hydrogens is 847 g/mol. The second-order valence-electron chi connectivity index (χ2n) is 19.5. The maximum atomic E-state index is 7.69. The molecule has 3 aliphatic rings. The smallest absolute Gasteiger partial charge is 0.143 e. The highest BCUT2D eigenvalue weighted by molar-refractivity contribution is 6.09. The molecule has 2 heterocycles. The fourth-order valence-electron chi connectivity index (χ4n) is 12.4. The molecule has 1 atom stereocenters. The van der Waals surface area contributed by atoms with Crippen molar-refractivity contribution >= 4 is 17.1 Å². The van der Waals surface area contributed by atoms with Gasteiger partial charge in [-0.1, -0.05) is 238 Å². The summed E-state index contributed by atoms with van der Waals surface area (Å²) in [6.07, 6.45) is 0. The molecule has 0 N–H and O–H groups in total. The maximum Gasteiger partial charge on any atom is 0.143 e. The monoisotopic (exact) mass is 893 g/mol. The van der Waals surface area contributed by atoms with Crippen molar-refractivity contribution in [2.45, 2.75) is 24.7 Å². The van der Waals surface area contributed by atoms with Gasteiger partial charge in [0.15, 0.2) is 0 Å². The van der Waals surface area contributed by atoms with E-state index in [9.17, 15) is 0 Å². The standard InChI is InChI=1S/C68H47NO/c1-67(2)55-33-17-18-35-58(55)69(59-42-41-50(43-57(59)67)45-23-9-4-10-24-45)60-36-20-34-56-61(60)62-64(68(56)54-32-16-15-29-52(54)53-31-19-30-51(63(53)68)47-25-11-5-12-26-47)66(70-65(62)48-27-13-6-14-28-48)49-39-37-46(38-40-49)44-21-7-3-8-22-44/h3-43H,1-2H3. The Kier molecular flexibility index (Phi) is 8.88. The van der Waals surface area contributed by atoms with Crippen molar-refractivity contribution in [3.63, 3.8) is 0 Å². The molecule has 1 unspecified atom stereocenters. The maximum absolute atomic E-state index is 7.69. The predicted octanol–water partition coefficient (Wildman–Crippen LogP) is 18.1. The van der Waals surface area contributed by atoms with Crippen LogP contribution >= 0.6 is 0 Å². The second kappa shape index (κ2) is 15.4. The number of nitrogens with zero attached hydrogens (tertiary/aromatic N) is 1. The summed E-state index contributed by atoms with van der Waals surface area (Å²) in [6.45, 7) is 4.77. The van der Waals surface area contributed by atoms with Crippen molar-refractivity contribution < 1.29 is 4.42 Å². The lowest BCUT2D eigenvalue weighted by Crippen LogP contribution is -2.31. The van der Waals surface area contributed by atoms with Gasteiger partial charge in [0.25, 0.3) is 0 Å². The van der Waals surface area contributed by atoms with Gasteiger partial charge >= 0.3 is 0 Å². The Balaban J connectivity index is 1.13. The minimum atomic E-state index is -0.766. The first-order valence-corrected chi connectivity index (χ1v) is 24.4. The molecule has 0 amide bonds. The van der Waals surface area contributed by atoms with Gasteiger partial charge in [-0.3, -0.25) is 0 Å². The van der Waals surface area contributed by atoms with Gasteiger partial charge in [0.2, 0.25) is 0 Å². The molecule has 0 saturated heterocycles. The van der Waals surface area contributed by atoms with Gasteiger partial charge < -0.3 is 9.32 Å². The Morgan fingerprint density at radius 3 is 1.49 bits per heavy atom. The number of benzene rings is 10. The lowest BCUT2D eigenvalue weighted by molar-refractivity contribution is 0.588. The van der Waals surface area contributed by atoms with Crippen LogP contribution in [0.4, 0.5) is 17.1 Å². The first kappa shape index (κ1) is 40.4. The van der Waals surface area contributed by atoms with Crippen molar-refractivity contribution in [1.82, 2.24) is 0 Å². The quantitative estimate of drug-likeness (QED) is 0.165. The van der Waals surface area contributed by atoms with E-state index in [1.54, 1.807) is 0 Å². The number of para-hydroxylation sites is 1. The van der Waals surface area contributed by atoms with Crippen molar-refractivity contribution in [3.05, 3.63) is 282 Å². The molecule has 11 aromatic rings. The third kappa shape index (κ3) is 5.68. The van der Waals surface area contributed by atoms with Crippen LogP contribution in [0.5, 0.6) is 0 Å². The molecule has 1 spiro atoms. The lowest BCUT2D eigenvalue weighted by Gasteiger charge is -2.43. The summed E-state index contributed by atoms with van der Waals surface area (Å²) in [4.78, 5) is 2.56. The van der Waals surface area contributed by atoms with E-state index in [0.717, 1.165) is 33.9 Å². The van der Waals surface area contributed by atoms with Gasteiger partial charge in [0, 0.05) is 33.2 Å². The number of hydrogen-bond acceptors (Lipinski definition) is 2. The molecule has 0 saturated carbocycles. The molecule has 0 fully saturated rings. The number of rotatable bonds is 6. The molecule has 2 aliphatic carbocycles. The normalized spacial score (nSPS) is 15.4. The Morgan fingerprint density at radius 1 is 0.300 bits per heavy atom. The Bertz CT molecular complexity index is 3830. The second-order valence-corrected chi connectivity index (χ2v) is 19.5. The highest BCUT2D eigenvalue weighted by Gasteiger charge is 2.57. The number of anilines is 3. The van der Waals surface area contributed by atoms with Gasteiger partial charge in [0.05, 0.1) is 22.5 Å². The lowest BCUT2D eigenvalue weighted by atomic mass is 9.68. The zero-order chi connectivity index (χ0) is 46.6.